The van der Waals surface area contributed by atoms with Gasteiger partial charge in [-0.15, -0.1) is 0 Å². The average molecular weight is 280 g/mol. The molecular weight excluding hydrogens is 272 g/mol. The van der Waals surface area contributed by atoms with Crippen LogP contribution >= 0.6 is 15.9 Å². The Morgan fingerprint density at radius 2 is 2.13 bits per heavy atom. The van der Waals surface area contributed by atoms with Gasteiger partial charge in [0.1, 0.15) is 5.75 Å². The molecule has 1 rings (SSSR count). The molecule has 1 aromatic rings. The molecule has 0 aliphatic carbocycles. The van der Waals surface area contributed by atoms with Crippen LogP contribution in [0.2, 0.25) is 0 Å². The van der Waals surface area contributed by atoms with Gasteiger partial charge < -0.3 is 10.8 Å². The third kappa shape index (κ3) is 2.32. The van der Waals surface area contributed by atoms with E-state index in [1.54, 1.807) is 0 Å². The molecule has 82 valence electrons. The van der Waals surface area contributed by atoms with E-state index in [0.29, 0.717) is 6.07 Å². The summed E-state index contributed by atoms with van der Waals surface area (Å²) in [5, 5.41) is 9.38. The molecule has 0 bridgehead atoms. The summed E-state index contributed by atoms with van der Waals surface area (Å²) in [5.74, 6) is -3.56. The topological polar surface area (TPSA) is 63.3 Å². The van der Waals surface area contributed by atoms with Crippen molar-refractivity contribution < 1.29 is 18.7 Å². The van der Waals surface area contributed by atoms with Crippen LogP contribution in [0.4, 0.5) is 8.78 Å². The van der Waals surface area contributed by atoms with Crippen molar-refractivity contribution in [2.75, 3.05) is 6.54 Å². The number of carbonyl (C=O) groups excluding carboxylic acids is 1. The molecule has 0 radical (unpaired) electrons. The molecule has 0 spiro atoms. The Balaban J connectivity index is 3.26. The molecule has 0 saturated carbocycles. The molecule has 6 heteroatoms. The number of nitrogens with two attached hydrogens (primary N) is 1. The van der Waals surface area contributed by atoms with Crippen LogP contribution in [0, 0.1) is 11.6 Å². The third-order valence-electron chi connectivity index (χ3n) is 1.81. The van der Waals surface area contributed by atoms with Crippen molar-refractivity contribution in [1.82, 2.24) is 0 Å². The second-order valence-electron chi connectivity index (χ2n) is 2.84. The molecule has 3 N–H and O–H groups in total. The highest BCUT2D eigenvalue weighted by molar-refractivity contribution is 9.10. The maximum Gasteiger partial charge on any atom is 0.176 e. The lowest BCUT2D eigenvalue weighted by molar-refractivity contribution is 0.0982. The summed E-state index contributed by atoms with van der Waals surface area (Å²) >= 11 is 2.65. The van der Waals surface area contributed by atoms with Gasteiger partial charge in [-0.05, 0) is 28.5 Å². The molecule has 0 saturated heterocycles. The number of ketones is 1. The van der Waals surface area contributed by atoms with Crippen molar-refractivity contribution in [2.24, 2.45) is 5.73 Å². The first-order chi connectivity index (χ1) is 6.99. The van der Waals surface area contributed by atoms with E-state index in [1.165, 1.54) is 0 Å². The molecule has 0 aliphatic heterocycles. The number of halogens is 3. The standard InChI is InChI=1S/C9H8BrF2NO2/c10-7-8(12)5(11)3-4(9(7)15)6(14)1-2-13/h3,15H,1-2,13H2. The molecule has 0 aromatic heterocycles. The molecule has 0 unspecified atom stereocenters. The molecule has 0 heterocycles. The number of hydrogen-bond acceptors (Lipinski definition) is 3. The fourth-order valence-electron chi connectivity index (χ4n) is 1.06. The highest BCUT2D eigenvalue weighted by Crippen LogP contribution is 2.32. The van der Waals surface area contributed by atoms with Crippen LogP contribution in [-0.4, -0.2) is 17.4 Å². The van der Waals surface area contributed by atoms with Crippen molar-refractivity contribution in [3.63, 3.8) is 0 Å². The van der Waals surface area contributed by atoms with Crippen LogP contribution < -0.4 is 5.73 Å². The zero-order valence-corrected chi connectivity index (χ0v) is 9.14. The highest BCUT2D eigenvalue weighted by Gasteiger charge is 2.19. The number of aromatic hydroxyl groups is 1. The number of phenolic OH excluding ortho intramolecular Hbond substituents is 1. The normalized spacial score (nSPS) is 10.4. The van der Waals surface area contributed by atoms with Gasteiger partial charge in [-0.1, -0.05) is 0 Å². The lowest BCUT2D eigenvalue weighted by Gasteiger charge is -2.06. The summed E-state index contributed by atoms with van der Waals surface area (Å²) in [6, 6.07) is 0.660. The van der Waals surface area contributed by atoms with Crippen molar-refractivity contribution in [2.45, 2.75) is 6.42 Å². The van der Waals surface area contributed by atoms with Crippen LogP contribution in [0.5, 0.6) is 5.75 Å². The average Bonchev–Trinajstić information content (AvgIpc) is 2.20. The summed E-state index contributed by atoms with van der Waals surface area (Å²) in [4.78, 5) is 11.3. The maximum atomic E-state index is 12.9. The van der Waals surface area contributed by atoms with E-state index >= 15 is 0 Å². The van der Waals surface area contributed by atoms with Crippen molar-refractivity contribution >= 4 is 21.7 Å². The fourth-order valence-corrected chi connectivity index (χ4v) is 1.47. The van der Waals surface area contributed by atoms with Crippen LogP contribution in [0.15, 0.2) is 10.5 Å². The third-order valence-corrected chi connectivity index (χ3v) is 2.53. The second kappa shape index (κ2) is 4.67. The number of hydrogen-bond donors (Lipinski definition) is 2. The minimum absolute atomic E-state index is 0.0366. The highest BCUT2D eigenvalue weighted by atomic mass is 79.9. The van der Waals surface area contributed by atoms with Gasteiger partial charge in [0, 0.05) is 6.42 Å². The molecule has 3 nitrogen and oxygen atoms in total. The minimum Gasteiger partial charge on any atom is -0.506 e. The van der Waals surface area contributed by atoms with Crippen molar-refractivity contribution in [3.8, 4) is 5.75 Å². The lowest BCUT2D eigenvalue weighted by atomic mass is 10.1. The predicted octanol–water partition coefficient (Wildman–Crippen LogP) is 1.96. The van der Waals surface area contributed by atoms with Crippen LogP contribution in [-0.2, 0) is 0 Å². The van der Waals surface area contributed by atoms with Crippen LogP contribution in [0.3, 0.4) is 0 Å². The van der Waals surface area contributed by atoms with E-state index in [1.807, 2.05) is 0 Å². The van der Waals surface area contributed by atoms with Gasteiger partial charge >= 0.3 is 0 Å². The van der Waals surface area contributed by atoms with E-state index in [2.05, 4.69) is 15.9 Å². The minimum atomic E-state index is -1.23. The Morgan fingerprint density at radius 1 is 1.53 bits per heavy atom. The zero-order chi connectivity index (χ0) is 11.6. The van der Waals surface area contributed by atoms with Crippen molar-refractivity contribution in [3.05, 3.63) is 27.7 Å². The molecule has 1 aromatic carbocycles. The molecule has 0 fully saturated rings. The number of rotatable bonds is 3. The van der Waals surface area contributed by atoms with Gasteiger partial charge in [0.15, 0.2) is 17.4 Å². The number of benzene rings is 1. The Hall–Kier alpha value is -1.01. The quantitative estimate of drug-likeness (QED) is 0.657. The number of phenols is 1. The largest absolute Gasteiger partial charge is 0.506 e. The summed E-state index contributed by atoms with van der Waals surface area (Å²) < 4.78 is 25.4. The SMILES string of the molecule is NCCC(=O)c1cc(F)c(F)c(Br)c1O. The van der Waals surface area contributed by atoms with Gasteiger partial charge in [-0.25, -0.2) is 8.78 Å². The van der Waals surface area contributed by atoms with Gasteiger partial charge in [0.25, 0.3) is 0 Å². The van der Waals surface area contributed by atoms with E-state index in [-0.39, 0.29) is 18.5 Å². The van der Waals surface area contributed by atoms with E-state index in [0.717, 1.165) is 0 Å². The summed E-state index contributed by atoms with van der Waals surface area (Å²) in [7, 11) is 0. The van der Waals surface area contributed by atoms with Gasteiger partial charge in [-0.3, -0.25) is 4.79 Å². The van der Waals surface area contributed by atoms with E-state index in [4.69, 9.17) is 5.73 Å². The van der Waals surface area contributed by atoms with Crippen molar-refractivity contribution in [1.29, 1.82) is 0 Å². The Kier molecular flexibility index (Phi) is 3.76. The number of Topliss-reactive ketones (excluding diaryl/α,β-unsaturated/α-hetero) is 1. The smallest absolute Gasteiger partial charge is 0.176 e. The monoisotopic (exact) mass is 279 g/mol. The van der Waals surface area contributed by atoms with Crippen LogP contribution in [0.25, 0.3) is 0 Å². The first kappa shape index (κ1) is 12.1. The number of carbonyl (C=O) groups is 1. The first-order valence-corrected chi connectivity index (χ1v) is 4.88. The lowest BCUT2D eigenvalue weighted by Crippen LogP contribution is -2.09. The summed E-state index contributed by atoms with van der Waals surface area (Å²) in [6.07, 6.45) is -0.0366. The Labute approximate surface area is 93.0 Å². The predicted molar refractivity (Wildman–Crippen MR) is 53.7 cm³/mol. The van der Waals surface area contributed by atoms with Crippen LogP contribution in [0.1, 0.15) is 16.8 Å². The van der Waals surface area contributed by atoms with E-state index < -0.39 is 27.6 Å². The molecule has 0 aliphatic rings. The molecule has 15 heavy (non-hydrogen) atoms. The Morgan fingerprint density at radius 3 is 2.67 bits per heavy atom. The fraction of sp³-hybridized carbons (Fsp3) is 0.222. The summed E-state index contributed by atoms with van der Waals surface area (Å²) in [5.41, 5.74) is 4.87. The summed E-state index contributed by atoms with van der Waals surface area (Å²) in [6.45, 7) is 0.0783. The first-order valence-electron chi connectivity index (χ1n) is 4.08. The Bertz CT molecular complexity index is 410. The van der Waals surface area contributed by atoms with E-state index in [9.17, 15) is 18.7 Å². The zero-order valence-electron chi connectivity index (χ0n) is 7.56. The van der Waals surface area contributed by atoms with Gasteiger partial charge in [0.05, 0.1) is 10.0 Å². The molecular formula is C9H8BrF2NO2. The van der Waals surface area contributed by atoms with Gasteiger partial charge in [-0.2, -0.15) is 0 Å². The van der Waals surface area contributed by atoms with Gasteiger partial charge in [0.2, 0.25) is 0 Å². The molecule has 0 amide bonds. The maximum absolute atomic E-state index is 12.9. The second-order valence-corrected chi connectivity index (χ2v) is 3.64. The molecule has 0 atom stereocenters.